The van der Waals surface area contributed by atoms with Crippen molar-refractivity contribution in [1.29, 1.82) is 0 Å². The van der Waals surface area contributed by atoms with Crippen LogP contribution in [-0.2, 0) is 11.3 Å². The number of aromatic amines is 1. The van der Waals surface area contributed by atoms with Crippen LogP contribution < -0.4 is 4.90 Å². The molecule has 6 heteroatoms. The second-order valence-corrected chi connectivity index (χ2v) is 6.79. The molecule has 5 nitrogen and oxygen atoms in total. The van der Waals surface area contributed by atoms with Crippen LogP contribution in [0.15, 0.2) is 24.3 Å². The number of nitrogens with one attached hydrogen (secondary N) is 2. The van der Waals surface area contributed by atoms with Gasteiger partial charge in [0.2, 0.25) is 5.78 Å². The maximum atomic E-state index is 12.9. The monoisotopic (exact) mass is 363 g/mol. The van der Waals surface area contributed by atoms with Gasteiger partial charge in [-0.2, -0.15) is 0 Å². The molecule has 1 aromatic carbocycles. The number of aryl methyl sites for hydroxylation is 1. The maximum Gasteiger partial charge on any atom is 0.339 e. The second-order valence-electron chi connectivity index (χ2n) is 6.36. The lowest BCUT2D eigenvalue weighted by atomic mass is 10.0. The Hall–Kier alpha value is -2.11. The lowest BCUT2D eigenvalue weighted by Gasteiger charge is -2.20. The van der Waals surface area contributed by atoms with Gasteiger partial charge in [0.1, 0.15) is 6.54 Å². The summed E-state index contributed by atoms with van der Waals surface area (Å²) >= 11 is 6.03. The largest absolute Gasteiger partial charge is 0.465 e. The molecule has 0 radical (unpaired) electrons. The summed E-state index contributed by atoms with van der Waals surface area (Å²) in [6.07, 6.45) is 0. The molecule has 0 fully saturated rings. The molecule has 2 rings (SSSR count). The molecule has 0 bridgehead atoms. The zero-order valence-corrected chi connectivity index (χ0v) is 16.0. The van der Waals surface area contributed by atoms with Crippen molar-refractivity contribution in [3.05, 3.63) is 57.4 Å². The molecule has 0 aliphatic heterocycles. The number of hydrogen-bond acceptors (Lipinski definition) is 3. The van der Waals surface area contributed by atoms with Crippen LogP contribution in [0, 0.1) is 13.8 Å². The van der Waals surface area contributed by atoms with E-state index in [9.17, 15) is 9.59 Å². The lowest BCUT2D eigenvalue weighted by Crippen LogP contribution is -3.12. The van der Waals surface area contributed by atoms with Gasteiger partial charge in [-0.05, 0) is 38.5 Å². The van der Waals surface area contributed by atoms with E-state index >= 15 is 0 Å². The van der Waals surface area contributed by atoms with Gasteiger partial charge in [-0.1, -0.05) is 23.7 Å². The SMILES string of the molecule is COC(=O)c1c(C)[nH]c(C(=O)[C@H](C)[NH+](C)Cc2cccc(Cl)c2)c1C. The molecule has 0 saturated heterocycles. The van der Waals surface area contributed by atoms with Gasteiger partial charge < -0.3 is 14.6 Å². The van der Waals surface area contributed by atoms with Gasteiger partial charge in [0.15, 0.2) is 6.04 Å². The molecule has 2 N–H and O–H groups in total. The predicted octanol–water partition coefficient (Wildman–Crippen LogP) is 2.36. The number of H-pyrrole nitrogens is 1. The quantitative estimate of drug-likeness (QED) is 0.611. The van der Waals surface area contributed by atoms with Crippen LogP contribution in [0.5, 0.6) is 0 Å². The summed E-state index contributed by atoms with van der Waals surface area (Å²) in [5.41, 5.74) is 3.25. The minimum absolute atomic E-state index is 0.0321. The molecule has 2 aromatic rings. The fourth-order valence-electron chi connectivity index (χ4n) is 2.97. The van der Waals surface area contributed by atoms with E-state index in [-0.39, 0.29) is 11.8 Å². The van der Waals surface area contributed by atoms with Crippen molar-refractivity contribution in [2.24, 2.45) is 0 Å². The molecule has 25 heavy (non-hydrogen) atoms. The van der Waals surface area contributed by atoms with Crippen LogP contribution in [0.2, 0.25) is 5.02 Å². The van der Waals surface area contributed by atoms with Crippen LogP contribution in [-0.4, -0.2) is 36.9 Å². The van der Waals surface area contributed by atoms with E-state index in [1.54, 1.807) is 13.8 Å². The number of halogens is 1. The number of ketones is 1. The van der Waals surface area contributed by atoms with Gasteiger partial charge in [-0.3, -0.25) is 4.79 Å². The molecular weight excluding hydrogens is 340 g/mol. The highest BCUT2D eigenvalue weighted by Crippen LogP contribution is 2.20. The van der Waals surface area contributed by atoms with Crippen molar-refractivity contribution in [2.45, 2.75) is 33.4 Å². The van der Waals surface area contributed by atoms with Gasteiger partial charge in [-0.15, -0.1) is 0 Å². The first-order valence-corrected chi connectivity index (χ1v) is 8.52. The molecule has 0 saturated carbocycles. The van der Waals surface area contributed by atoms with Gasteiger partial charge >= 0.3 is 5.97 Å². The summed E-state index contributed by atoms with van der Waals surface area (Å²) in [5, 5.41) is 0.683. The highest BCUT2D eigenvalue weighted by atomic mass is 35.5. The van der Waals surface area contributed by atoms with E-state index in [0.29, 0.717) is 34.1 Å². The molecule has 1 heterocycles. The van der Waals surface area contributed by atoms with Crippen molar-refractivity contribution < 1.29 is 19.2 Å². The van der Waals surface area contributed by atoms with Gasteiger partial charge in [0, 0.05) is 16.3 Å². The molecule has 134 valence electrons. The Morgan fingerprint density at radius 3 is 2.60 bits per heavy atom. The smallest absolute Gasteiger partial charge is 0.339 e. The summed E-state index contributed by atoms with van der Waals surface area (Å²) < 4.78 is 4.80. The average Bonchev–Trinajstić information content (AvgIpc) is 2.87. The van der Waals surface area contributed by atoms with Crippen LogP contribution in [0.25, 0.3) is 0 Å². The highest BCUT2D eigenvalue weighted by Gasteiger charge is 2.29. The Morgan fingerprint density at radius 1 is 1.32 bits per heavy atom. The molecule has 0 aliphatic rings. The zero-order valence-electron chi connectivity index (χ0n) is 15.2. The van der Waals surface area contributed by atoms with Crippen molar-refractivity contribution in [3.63, 3.8) is 0 Å². The first-order chi connectivity index (χ1) is 11.8. The number of benzene rings is 1. The van der Waals surface area contributed by atoms with Crippen molar-refractivity contribution >= 4 is 23.4 Å². The van der Waals surface area contributed by atoms with Crippen molar-refractivity contribution in [2.75, 3.05) is 14.2 Å². The number of ether oxygens (including phenoxy) is 1. The van der Waals surface area contributed by atoms with E-state index < -0.39 is 5.97 Å². The third-order valence-corrected chi connectivity index (χ3v) is 4.81. The molecular formula is C19H24ClN2O3+. The Bertz CT molecular complexity index is 798. The minimum Gasteiger partial charge on any atom is -0.465 e. The lowest BCUT2D eigenvalue weighted by molar-refractivity contribution is -0.907. The van der Waals surface area contributed by atoms with Crippen LogP contribution in [0.1, 0.15) is 44.6 Å². The maximum absolute atomic E-state index is 12.9. The van der Waals surface area contributed by atoms with Gasteiger partial charge in [0.05, 0.1) is 25.4 Å². The van der Waals surface area contributed by atoms with E-state index in [1.165, 1.54) is 7.11 Å². The number of rotatable bonds is 6. The van der Waals surface area contributed by atoms with Gasteiger partial charge in [0.25, 0.3) is 0 Å². The predicted molar refractivity (Wildman–Crippen MR) is 97.4 cm³/mol. The van der Waals surface area contributed by atoms with E-state index in [0.717, 1.165) is 10.5 Å². The van der Waals surface area contributed by atoms with Crippen LogP contribution >= 0.6 is 11.6 Å². The Balaban J connectivity index is 2.21. The topological polar surface area (TPSA) is 63.6 Å². The third kappa shape index (κ3) is 4.11. The molecule has 0 aliphatic carbocycles. The molecule has 1 aromatic heterocycles. The third-order valence-electron chi connectivity index (χ3n) is 4.58. The number of methoxy groups -OCH3 is 1. The summed E-state index contributed by atoms with van der Waals surface area (Å²) in [5.74, 6) is -0.465. The number of carbonyl (C=O) groups is 2. The van der Waals surface area contributed by atoms with Crippen LogP contribution in [0.4, 0.5) is 0 Å². The zero-order chi connectivity index (χ0) is 18.7. The van der Waals surface area contributed by atoms with Crippen molar-refractivity contribution in [3.8, 4) is 0 Å². The summed E-state index contributed by atoms with van der Waals surface area (Å²) in [4.78, 5) is 28.9. The fraction of sp³-hybridized carbons (Fsp3) is 0.368. The standard InChI is InChI=1S/C19H23ClN2O3/c1-11-16(19(24)25-5)12(2)21-17(11)18(23)13(3)22(4)10-14-7-6-8-15(20)9-14/h6-9,13,21H,10H2,1-5H3/p+1/t13-/m0/s1. The average molecular weight is 364 g/mol. The highest BCUT2D eigenvalue weighted by molar-refractivity contribution is 6.30. The Morgan fingerprint density at radius 2 is 2.00 bits per heavy atom. The molecule has 0 spiro atoms. The minimum atomic E-state index is -0.433. The molecule has 1 unspecified atom stereocenters. The summed E-state index contributed by atoms with van der Waals surface area (Å²) in [7, 11) is 3.30. The first kappa shape index (κ1) is 19.2. The molecule has 0 amide bonds. The number of aromatic nitrogens is 1. The summed E-state index contributed by atoms with van der Waals surface area (Å²) in [6.45, 7) is 6.09. The Labute approximate surface area is 152 Å². The number of hydrogen-bond donors (Lipinski definition) is 2. The van der Waals surface area contributed by atoms with Crippen LogP contribution in [0.3, 0.4) is 0 Å². The van der Waals surface area contributed by atoms with E-state index in [2.05, 4.69) is 4.98 Å². The fourth-order valence-corrected chi connectivity index (χ4v) is 3.18. The molecule has 2 atom stereocenters. The second kappa shape index (κ2) is 7.85. The first-order valence-electron chi connectivity index (χ1n) is 8.14. The normalized spacial score (nSPS) is 13.4. The number of likely N-dealkylation sites (N-methyl/N-ethyl adjacent to an activating group) is 1. The number of esters is 1. The number of Topliss-reactive ketones (excluding diaryl/α,β-unsaturated/α-hetero) is 1. The number of quaternary nitrogens is 1. The Kier molecular flexibility index (Phi) is 6.03. The number of carbonyl (C=O) groups excluding carboxylic acids is 2. The van der Waals surface area contributed by atoms with E-state index in [1.807, 2.05) is 38.2 Å². The van der Waals surface area contributed by atoms with Crippen molar-refractivity contribution in [1.82, 2.24) is 4.98 Å². The van der Waals surface area contributed by atoms with Gasteiger partial charge in [-0.25, -0.2) is 4.79 Å². The van der Waals surface area contributed by atoms with E-state index in [4.69, 9.17) is 16.3 Å². The summed E-state index contributed by atoms with van der Waals surface area (Å²) in [6, 6.07) is 7.35.